The first-order chi connectivity index (χ1) is 13.4. The van der Waals surface area contributed by atoms with Crippen molar-refractivity contribution in [1.82, 2.24) is 4.90 Å². The van der Waals surface area contributed by atoms with Crippen molar-refractivity contribution >= 4 is 59.9 Å². The Kier molecular flexibility index (Phi) is 5.07. The molecule has 146 valence electrons. The van der Waals surface area contributed by atoms with Crippen molar-refractivity contribution in [3.63, 3.8) is 0 Å². The van der Waals surface area contributed by atoms with Crippen LogP contribution in [0.25, 0.3) is 19.5 Å². The molecule has 2 atom stereocenters. The van der Waals surface area contributed by atoms with Gasteiger partial charge >= 0.3 is 5.97 Å². The van der Waals surface area contributed by atoms with Crippen molar-refractivity contribution in [1.29, 1.82) is 0 Å². The Morgan fingerprint density at radius 3 is 2.79 bits per heavy atom. The number of rotatable bonds is 4. The van der Waals surface area contributed by atoms with Crippen LogP contribution in [0.15, 0.2) is 30.3 Å². The molecule has 28 heavy (non-hydrogen) atoms. The van der Waals surface area contributed by atoms with Crippen molar-refractivity contribution in [2.24, 2.45) is 11.7 Å². The number of benzene rings is 1. The summed E-state index contributed by atoms with van der Waals surface area (Å²) in [5.74, 6) is -1.52. The molecule has 2 amide bonds. The number of nitrogens with zero attached hydrogens (tertiary/aromatic N) is 1. The Labute approximate surface area is 169 Å². The average molecular weight is 417 g/mol. The second-order valence-corrected chi connectivity index (χ2v) is 9.11. The lowest BCUT2D eigenvalue weighted by Crippen LogP contribution is -2.48. The van der Waals surface area contributed by atoms with Crippen molar-refractivity contribution < 1.29 is 19.1 Å². The number of primary amides is 1. The highest BCUT2D eigenvalue weighted by Crippen LogP contribution is 2.39. The van der Waals surface area contributed by atoms with Crippen LogP contribution in [0.2, 0.25) is 0 Å². The maximum Gasteiger partial charge on any atom is 0.349 e. The highest BCUT2D eigenvalue weighted by Gasteiger charge is 2.31. The van der Waals surface area contributed by atoms with Gasteiger partial charge in [0.1, 0.15) is 4.88 Å². The Morgan fingerprint density at radius 2 is 2.00 bits per heavy atom. The summed E-state index contributed by atoms with van der Waals surface area (Å²) in [7, 11) is 0. The zero-order valence-corrected chi connectivity index (χ0v) is 17.0. The quantitative estimate of drug-likeness (QED) is 0.660. The highest BCUT2D eigenvalue weighted by atomic mass is 32.1. The van der Waals surface area contributed by atoms with Crippen molar-refractivity contribution in [3.8, 4) is 0 Å². The zero-order chi connectivity index (χ0) is 19.8. The number of ether oxygens (including phenoxy) is 1. The maximum absolute atomic E-state index is 12.6. The SMILES string of the molecule is CC(OC(=O)c1cc2sc3ccccc3c2s1)C(=O)N1CCCC(C(N)=O)C1. The summed E-state index contributed by atoms with van der Waals surface area (Å²) in [6.07, 6.45) is 0.498. The van der Waals surface area contributed by atoms with Gasteiger partial charge in [-0.25, -0.2) is 4.79 Å². The van der Waals surface area contributed by atoms with Gasteiger partial charge in [-0.1, -0.05) is 18.2 Å². The Hall–Kier alpha value is -2.45. The lowest BCUT2D eigenvalue weighted by Gasteiger charge is -2.32. The van der Waals surface area contributed by atoms with Gasteiger partial charge in [-0.05, 0) is 31.9 Å². The molecular weight excluding hydrogens is 396 g/mol. The number of fused-ring (bicyclic) bond motifs is 3. The van der Waals surface area contributed by atoms with Gasteiger partial charge in [0.15, 0.2) is 6.10 Å². The number of hydrogen-bond acceptors (Lipinski definition) is 6. The number of amides is 2. The van der Waals surface area contributed by atoms with E-state index in [0.717, 1.165) is 14.8 Å². The zero-order valence-electron chi connectivity index (χ0n) is 15.3. The Bertz CT molecular complexity index is 1070. The van der Waals surface area contributed by atoms with Crippen LogP contribution in [-0.4, -0.2) is 41.9 Å². The second kappa shape index (κ2) is 7.52. The van der Waals surface area contributed by atoms with Gasteiger partial charge in [-0.15, -0.1) is 22.7 Å². The second-order valence-electron chi connectivity index (χ2n) is 6.98. The van der Waals surface area contributed by atoms with Crippen LogP contribution in [0.4, 0.5) is 0 Å². The molecule has 3 heterocycles. The largest absolute Gasteiger partial charge is 0.448 e. The number of carbonyl (C=O) groups is 3. The molecule has 1 aromatic carbocycles. The van der Waals surface area contributed by atoms with Gasteiger partial charge in [0.25, 0.3) is 5.91 Å². The number of esters is 1. The fraction of sp³-hybridized carbons (Fsp3) is 0.350. The Balaban J connectivity index is 1.46. The lowest BCUT2D eigenvalue weighted by molar-refractivity contribution is -0.142. The monoisotopic (exact) mass is 416 g/mol. The van der Waals surface area contributed by atoms with Crippen LogP contribution in [0, 0.1) is 5.92 Å². The molecule has 0 spiro atoms. The number of thiophene rings is 2. The molecule has 0 bridgehead atoms. The predicted molar refractivity (Wildman–Crippen MR) is 111 cm³/mol. The van der Waals surface area contributed by atoms with Crippen molar-refractivity contribution in [2.45, 2.75) is 25.9 Å². The predicted octanol–water partition coefficient (Wildman–Crippen LogP) is 3.39. The minimum Gasteiger partial charge on any atom is -0.448 e. The molecular formula is C20H20N2O4S2. The maximum atomic E-state index is 12.6. The van der Waals surface area contributed by atoms with Gasteiger partial charge in [0.05, 0.1) is 10.6 Å². The third-order valence-electron chi connectivity index (χ3n) is 5.02. The molecule has 1 fully saturated rings. The number of nitrogens with two attached hydrogens (primary N) is 1. The molecule has 2 aromatic heterocycles. The van der Waals surface area contributed by atoms with Crippen LogP contribution in [-0.2, 0) is 14.3 Å². The van der Waals surface area contributed by atoms with Gasteiger partial charge in [0, 0.05) is 27.9 Å². The molecule has 1 aliphatic rings. The number of piperidine rings is 1. The summed E-state index contributed by atoms with van der Waals surface area (Å²) in [5.41, 5.74) is 5.37. The first-order valence-electron chi connectivity index (χ1n) is 9.14. The minimum absolute atomic E-state index is 0.288. The first kappa shape index (κ1) is 18.9. The summed E-state index contributed by atoms with van der Waals surface area (Å²) in [5, 5.41) is 1.13. The van der Waals surface area contributed by atoms with Gasteiger partial charge in [0.2, 0.25) is 5.91 Å². The number of likely N-dealkylation sites (tertiary alicyclic amines) is 1. The van der Waals surface area contributed by atoms with E-state index in [1.54, 1.807) is 23.2 Å². The molecule has 2 unspecified atom stereocenters. The third kappa shape index (κ3) is 3.49. The molecule has 4 rings (SSSR count). The highest BCUT2D eigenvalue weighted by molar-refractivity contribution is 7.33. The van der Waals surface area contributed by atoms with E-state index in [1.807, 2.05) is 24.3 Å². The number of carbonyl (C=O) groups excluding carboxylic acids is 3. The van der Waals surface area contributed by atoms with Crippen molar-refractivity contribution in [2.75, 3.05) is 13.1 Å². The van der Waals surface area contributed by atoms with E-state index in [9.17, 15) is 14.4 Å². The molecule has 0 aliphatic carbocycles. The molecule has 0 saturated carbocycles. The van der Waals surface area contributed by atoms with E-state index in [2.05, 4.69) is 6.07 Å². The van der Waals surface area contributed by atoms with Crippen molar-refractivity contribution in [3.05, 3.63) is 35.2 Å². The fourth-order valence-electron chi connectivity index (χ4n) is 3.54. The lowest BCUT2D eigenvalue weighted by atomic mass is 9.97. The van der Waals surface area contributed by atoms with E-state index < -0.39 is 18.0 Å². The van der Waals surface area contributed by atoms with Gasteiger partial charge in [-0.2, -0.15) is 0 Å². The topological polar surface area (TPSA) is 89.7 Å². The fourth-order valence-corrected chi connectivity index (χ4v) is 5.94. The van der Waals surface area contributed by atoms with E-state index in [4.69, 9.17) is 10.5 Å². The van der Waals surface area contributed by atoms with Gasteiger partial charge in [-0.3, -0.25) is 9.59 Å². The van der Waals surface area contributed by atoms with E-state index in [1.165, 1.54) is 16.0 Å². The van der Waals surface area contributed by atoms with Crippen LogP contribution < -0.4 is 5.73 Å². The van der Waals surface area contributed by atoms with Crippen LogP contribution >= 0.6 is 22.7 Å². The molecule has 3 aromatic rings. The van der Waals surface area contributed by atoms with E-state index in [-0.39, 0.29) is 18.4 Å². The summed E-state index contributed by atoms with van der Waals surface area (Å²) in [4.78, 5) is 38.7. The summed E-state index contributed by atoms with van der Waals surface area (Å²) in [6, 6.07) is 9.90. The summed E-state index contributed by atoms with van der Waals surface area (Å²) in [6.45, 7) is 2.40. The molecule has 1 saturated heterocycles. The minimum atomic E-state index is -0.906. The number of hydrogen-bond donors (Lipinski definition) is 1. The normalized spacial score (nSPS) is 18.3. The molecule has 8 heteroatoms. The van der Waals surface area contributed by atoms with Gasteiger partial charge < -0.3 is 15.4 Å². The Morgan fingerprint density at radius 1 is 1.21 bits per heavy atom. The average Bonchev–Trinajstić information content (AvgIpc) is 3.25. The molecule has 2 N–H and O–H groups in total. The summed E-state index contributed by atoms with van der Waals surface area (Å²) >= 11 is 3.02. The molecule has 1 aliphatic heterocycles. The molecule has 6 nitrogen and oxygen atoms in total. The van der Waals surface area contributed by atoms with E-state index >= 15 is 0 Å². The summed E-state index contributed by atoms with van der Waals surface area (Å²) < 4.78 is 8.71. The van der Waals surface area contributed by atoms with E-state index in [0.29, 0.717) is 24.3 Å². The first-order valence-corrected chi connectivity index (χ1v) is 10.8. The van der Waals surface area contributed by atoms with Crippen LogP contribution in [0.5, 0.6) is 0 Å². The van der Waals surface area contributed by atoms with Crippen LogP contribution in [0.3, 0.4) is 0 Å². The molecule has 0 radical (unpaired) electrons. The third-order valence-corrected chi connectivity index (χ3v) is 7.41. The standard InChI is InChI=1S/C20H20N2O4S2/c1-11(19(24)22-8-4-5-12(10-22)18(21)23)26-20(25)16-9-15-17(28-16)13-6-2-3-7-14(13)27-15/h2-3,6-7,9,11-12H,4-5,8,10H2,1H3,(H2,21,23). The van der Waals surface area contributed by atoms with Crippen LogP contribution in [0.1, 0.15) is 29.4 Å². The smallest absolute Gasteiger partial charge is 0.349 e.